The highest BCUT2D eigenvalue weighted by Gasteiger charge is 2.17. The van der Waals surface area contributed by atoms with E-state index in [1.54, 1.807) is 60.7 Å². The molecule has 0 bridgehead atoms. The summed E-state index contributed by atoms with van der Waals surface area (Å²) in [6.45, 7) is 1.66. The van der Waals surface area contributed by atoms with Crippen molar-refractivity contribution < 1.29 is 19.1 Å². The lowest BCUT2D eigenvalue weighted by Crippen LogP contribution is -2.18. The van der Waals surface area contributed by atoms with Crippen LogP contribution in [0.25, 0.3) is 0 Å². The molecule has 5 nitrogen and oxygen atoms in total. The Labute approximate surface area is 169 Å². The normalized spacial score (nSPS) is 10.2. The van der Waals surface area contributed by atoms with Gasteiger partial charge in [-0.3, -0.25) is 9.59 Å². The zero-order valence-electron chi connectivity index (χ0n) is 16.1. The number of benzene rings is 3. The third kappa shape index (κ3) is 5.17. The molecular formula is C24H21NO4. The third-order valence-corrected chi connectivity index (χ3v) is 4.45. The number of ketones is 1. The van der Waals surface area contributed by atoms with Crippen LogP contribution in [0.1, 0.15) is 43.6 Å². The van der Waals surface area contributed by atoms with Gasteiger partial charge in [0, 0.05) is 11.1 Å². The van der Waals surface area contributed by atoms with Crippen LogP contribution in [-0.2, 0) is 11.2 Å². The molecule has 0 aliphatic rings. The molecule has 0 radical (unpaired) electrons. The molecule has 1 amide bonds. The second kappa shape index (κ2) is 9.46. The summed E-state index contributed by atoms with van der Waals surface area (Å²) >= 11 is 0. The number of para-hydroxylation sites is 1. The second-order valence-corrected chi connectivity index (χ2v) is 6.42. The number of anilines is 1. The maximum atomic E-state index is 12.5. The first kappa shape index (κ1) is 20.0. The number of ether oxygens (including phenoxy) is 1. The molecule has 3 aromatic carbocycles. The molecule has 0 aliphatic heterocycles. The van der Waals surface area contributed by atoms with E-state index in [0.717, 1.165) is 12.0 Å². The van der Waals surface area contributed by atoms with Gasteiger partial charge in [0.1, 0.15) is 0 Å². The number of carbonyl (C=O) groups is 3. The topological polar surface area (TPSA) is 72.5 Å². The molecule has 0 unspecified atom stereocenters. The molecule has 29 heavy (non-hydrogen) atoms. The van der Waals surface area contributed by atoms with Crippen molar-refractivity contribution in [2.24, 2.45) is 0 Å². The highest BCUT2D eigenvalue weighted by atomic mass is 16.5. The van der Waals surface area contributed by atoms with Crippen molar-refractivity contribution in [1.82, 2.24) is 0 Å². The summed E-state index contributed by atoms with van der Waals surface area (Å²) in [5.74, 6) is -1.29. The molecule has 0 heterocycles. The Morgan fingerprint density at radius 3 is 2.14 bits per heavy atom. The van der Waals surface area contributed by atoms with E-state index in [4.69, 9.17) is 4.74 Å². The summed E-state index contributed by atoms with van der Waals surface area (Å²) in [6.07, 6.45) is 0.884. The van der Waals surface area contributed by atoms with Crippen LogP contribution in [0.5, 0.6) is 0 Å². The van der Waals surface area contributed by atoms with Crippen molar-refractivity contribution >= 4 is 23.3 Å². The molecule has 0 saturated carbocycles. The average Bonchev–Trinajstić information content (AvgIpc) is 2.78. The maximum Gasteiger partial charge on any atom is 0.340 e. The van der Waals surface area contributed by atoms with E-state index in [1.807, 2.05) is 25.1 Å². The summed E-state index contributed by atoms with van der Waals surface area (Å²) in [5.41, 5.74) is 2.60. The Morgan fingerprint density at radius 2 is 1.45 bits per heavy atom. The molecule has 0 fully saturated rings. The molecule has 0 atom stereocenters. The largest absolute Gasteiger partial charge is 0.454 e. The summed E-state index contributed by atoms with van der Waals surface area (Å²) < 4.78 is 5.19. The standard InChI is InChI=1S/C24H21NO4/c1-2-17-12-14-18(15-13-17)22(26)16-29-24(28)20-10-6-7-11-21(20)25-23(27)19-8-4-3-5-9-19/h3-15H,2,16H2,1H3,(H,25,27). The fourth-order valence-corrected chi connectivity index (χ4v) is 2.77. The number of esters is 1. The highest BCUT2D eigenvalue weighted by Crippen LogP contribution is 2.18. The summed E-state index contributed by atoms with van der Waals surface area (Å²) in [5, 5.41) is 2.72. The average molecular weight is 387 g/mol. The highest BCUT2D eigenvalue weighted by molar-refractivity contribution is 6.08. The molecule has 3 aromatic rings. The summed E-state index contributed by atoms with van der Waals surface area (Å²) in [6, 6.07) is 22.4. The minimum atomic E-state index is -0.674. The Hall–Kier alpha value is -3.73. The number of Topliss-reactive ketones (excluding diaryl/α,β-unsaturated/α-hetero) is 1. The van der Waals surface area contributed by atoms with Crippen molar-refractivity contribution in [2.75, 3.05) is 11.9 Å². The molecule has 0 spiro atoms. The zero-order valence-corrected chi connectivity index (χ0v) is 16.1. The van der Waals surface area contributed by atoms with Crippen molar-refractivity contribution in [3.8, 4) is 0 Å². The number of rotatable bonds is 7. The van der Waals surface area contributed by atoms with Crippen LogP contribution in [0.15, 0.2) is 78.9 Å². The van der Waals surface area contributed by atoms with Crippen LogP contribution in [0.2, 0.25) is 0 Å². The number of aryl methyl sites for hydroxylation is 1. The van der Waals surface area contributed by atoms with Gasteiger partial charge in [-0.05, 0) is 36.2 Å². The van der Waals surface area contributed by atoms with Crippen molar-refractivity contribution in [3.05, 3.63) is 101 Å². The lowest BCUT2D eigenvalue weighted by molar-refractivity contribution is 0.0475. The van der Waals surface area contributed by atoms with Gasteiger partial charge in [0.25, 0.3) is 5.91 Å². The van der Waals surface area contributed by atoms with Crippen LogP contribution in [-0.4, -0.2) is 24.3 Å². The van der Waals surface area contributed by atoms with Crippen LogP contribution in [0, 0.1) is 0 Å². The van der Waals surface area contributed by atoms with E-state index < -0.39 is 5.97 Å². The predicted octanol–water partition coefficient (Wildman–Crippen LogP) is 4.54. The lowest BCUT2D eigenvalue weighted by atomic mass is 10.1. The number of amides is 1. The fourth-order valence-electron chi connectivity index (χ4n) is 2.77. The summed E-state index contributed by atoms with van der Waals surface area (Å²) in [4.78, 5) is 37.1. The Kier molecular flexibility index (Phi) is 6.53. The molecule has 3 rings (SSSR count). The Bertz CT molecular complexity index is 1010. The first-order chi connectivity index (χ1) is 14.1. The first-order valence-corrected chi connectivity index (χ1v) is 9.33. The van der Waals surface area contributed by atoms with Crippen molar-refractivity contribution in [3.63, 3.8) is 0 Å². The van der Waals surface area contributed by atoms with Crippen LogP contribution >= 0.6 is 0 Å². The van der Waals surface area contributed by atoms with E-state index >= 15 is 0 Å². The SMILES string of the molecule is CCc1ccc(C(=O)COC(=O)c2ccccc2NC(=O)c2ccccc2)cc1. The molecule has 0 aliphatic carbocycles. The molecule has 0 saturated heterocycles. The minimum absolute atomic E-state index is 0.186. The third-order valence-electron chi connectivity index (χ3n) is 4.45. The zero-order chi connectivity index (χ0) is 20.6. The van der Waals surface area contributed by atoms with Gasteiger partial charge in [-0.25, -0.2) is 4.79 Å². The van der Waals surface area contributed by atoms with Crippen molar-refractivity contribution in [1.29, 1.82) is 0 Å². The van der Waals surface area contributed by atoms with E-state index in [1.165, 1.54) is 0 Å². The maximum absolute atomic E-state index is 12.5. The number of hydrogen-bond donors (Lipinski definition) is 1. The van der Waals surface area contributed by atoms with Crippen molar-refractivity contribution in [2.45, 2.75) is 13.3 Å². The van der Waals surface area contributed by atoms with E-state index in [-0.39, 0.29) is 23.9 Å². The van der Waals surface area contributed by atoms with E-state index in [0.29, 0.717) is 16.8 Å². The molecular weight excluding hydrogens is 366 g/mol. The molecule has 5 heteroatoms. The number of carbonyl (C=O) groups excluding carboxylic acids is 3. The van der Waals surface area contributed by atoms with Gasteiger partial charge in [0.15, 0.2) is 12.4 Å². The predicted molar refractivity (Wildman–Crippen MR) is 111 cm³/mol. The summed E-state index contributed by atoms with van der Waals surface area (Å²) in [7, 11) is 0. The quantitative estimate of drug-likeness (QED) is 0.477. The van der Waals surface area contributed by atoms with E-state index in [2.05, 4.69) is 5.32 Å². The van der Waals surface area contributed by atoms with E-state index in [9.17, 15) is 14.4 Å². The smallest absolute Gasteiger partial charge is 0.340 e. The van der Waals surface area contributed by atoms with Crippen LogP contribution < -0.4 is 5.32 Å². The van der Waals surface area contributed by atoms with Crippen LogP contribution in [0.3, 0.4) is 0 Å². The van der Waals surface area contributed by atoms with Gasteiger partial charge in [-0.2, -0.15) is 0 Å². The number of nitrogens with one attached hydrogen (secondary N) is 1. The van der Waals surface area contributed by atoms with Gasteiger partial charge < -0.3 is 10.1 Å². The lowest BCUT2D eigenvalue weighted by Gasteiger charge is -2.11. The van der Waals surface area contributed by atoms with Crippen LogP contribution in [0.4, 0.5) is 5.69 Å². The molecule has 1 N–H and O–H groups in total. The number of hydrogen-bond acceptors (Lipinski definition) is 4. The molecule has 146 valence electrons. The Morgan fingerprint density at radius 1 is 0.793 bits per heavy atom. The van der Waals surface area contributed by atoms with Gasteiger partial charge in [-0.15, -0.1) is 0 Å². The van der Waals surface area contributed by atoms with Gasteiger partial charge in [-0.1, -0.05) is 61.5 Å². The fraction of sp³-hybridized carbons (Fsp3) is 0.125. The first-order valence-electron chi connectivity index (χ1n) is 9.33. The van der Waals surface area contributed by atoms with Gasteiger partial charge in [0.2, 0.25) is 0 Å². The minimum Gasteiger partial charge on any atom is -0.454 e. The second-order valence-electron chi connectivity index (χ2n) is 6.42. The van der Waals surface area contributed by atoms with Gasteiger partial charge >= 0.3 is 5.97 Å². The Balaban J connectivity index is 1.66. The van der Waals surface area contributed by atoms with Gasteiger partial charge in [0.05, 0.1) is 11.3 Å². The monoisotopic (exact) mass is 387 g/mol. The molecule has 0 aromatic heterocycles.